The van der Waals surface area contributed by atoms with E-state index >= 15 is 0 Å². The topological polar surface area (TPSA) is 83.6 Å². The molecule has 2 rings (SSSR count). The summed E-state index contributed by atoms with van der Waals surface area (Å²) in [6.45, 7) is 0.115. The molecule has 8 heteroatoms. The first-order chi connectivity index (χ1) is 11.7. The Morgan fingerprint density at radius 1 is 0.960 bits per heavy atom. The second-order valence-electron chi connectivity index (χ2n) is 5.48. The van der Waals surface area contributed by atoms with Crippen molar-refractivity contribution >= 4 is 31.8 Å². The van der Waals surface area contributed by atoms with Crippen molar-refractivity contribution in [3.8, 4) is 0 Å². The lowest BCUT2D eigenvalue weighted by atomic mass is 10.2. The largest absolute Gasteiger partial charge is 0.274 e. The van der Waals surface area contributed by atoms with Crippen LogP contribution < -0.4 is 9.03 Å². The molecule has 0 heterocycles. The number of hydrogen-bond acceptors (Lipinski definition) is 4. The average Bonchev–Trinajstić information content (AvgIpc) is 2.58. The van der Waals surface area contributed by atoms with Crippen molar-refractivity contribution in [3.63, 3.8) is 0 Å². The van der Waals surface area contributed by atoms with Crippen LogP contribution in [0, 0.1) is 0 Å². The van der Waals surface area contributed by atoms with Crippen molar-refractivity contribution in [2.24, 2.45) is 0 Å². The van der Waals surface area contributed by atoms with E-state index in [1.165, 1.54) is 13.1 Å². The maximum atomic E-state index is 12.0. The molecule has 0 amide bonds. The summed E-state index contributed by atoms with van der Waals surface area (Å²) in [7, 11) is -5.43. The first-order valence-corrected chi connectivity index (χ1v) is 10.8. The van der Waals surface area contributed by atoms with Crippen molar-refractivity contribution in [1.29, 1.82) is 0 Å². The highest BCUT2D eigenvalue weighted by molar-refractivity contribution is 7.92. The number of rotatable bonds is 7. The minimum atomic E-state index is -3.56. The molecule has 6 nitrogen and oxygen atoms in total. The van der Waals surface area contributed by atoms with Crippen molar-refractivity contribution in [1.82, 2.24) is 4.72 Å². The summed E-state index contributed by atoms with van der Waals surface area (Å²) in [5, 5.41) is 1.12. The highest BCUT2D eigenvalue weighted by Crippen LogP contribution is 2.16. The van der Waals surface area contributed by atoms with Crippen LogP contribution in [0.2, 0.25) is 0 Å². The Hall–Kier alpha value is -2.16. The zero-order valence-electron chi connectivity index (χ0n) is 14.0. The SMILES string of the molecule is CN(c1ccc(CNS(=O)(=O)/C=C/c2ccccc2)cc1)S(C)(=O)=O. The molecule has 0 saturated carbocycles. The molecule has 0 bridgehead atoms. The molecule has 0 aliphatic rings. The van der Waals surface area contributed by atoms with Gasteiger partial charge in [-0.05, 0) is 29.3 Å². The number of benzene rings is 2. The fraction of sp³-hybridized carbons (Fsp3) is 0.176. The smallest absolute Gasteiger partial charge is 0.234 e. The molecular weight excluding hydrogens is 360 g/mol. The molecule has 2 aromatic rings. The van der Waals surface area contributed by atoms with Crippen LogP contribution in [0.1, 0.15) is 11.1 Å². The first-order valence-electron chi connectivity index (χ1n) is 7.43. The van der Waals surface area contributed by atoms with Crippen molar-refractivity contribution in [2.45, 2.75) is 6.54 Å². The molecule has 0 aliphatic carbocycles. The van der Waals surface area contributed by atoms with Crippen molar-refractivity contribution in [3.05, 3.63) is 71.1 Å². The predicted octanol–water partition coefficient (Wildman–Crippen LogP) is 2.17. The lowest BCUT2D eigenvalue weighted by Gasteiger charge is -2.16. The molecule has 0 unspecified atom stereocenters. The van der Waals surface area contributed by atoms with Crippen LogP contribution >= 0.6 is 0 Å². The van der Waals surface area contributed by atoms with E-state index in [9.17, 15) is 16.8 Å². The second kappa shape index (κ2) is 7.81. The van der Waals surface area contributed by atoms with E-state index in [-0.39, 0.29) is 6.54 Å². The number of hydrogen-bond donors (Lipinski definition) is 1. The fourth-order valence-corrected chi connectivity index (χ4v) is 3.28. The minimum Gasteiger partial charge on any atom is -0.274 e. The maximum Gasteiger partial charge on any atom is 0.234 e. The van der Waals surface area contributed by atoms with E-state index in [4.69, 9.17) is 0 Å². The van der Waals surface area contributed by atoms with Crippen LogP contribution in [0.15, 0.2) is 60.0 Å². The van der Waals surface area contributed by atoms with Gasteiger partial charge in [0.05, 0.1) is 11.9 Å². The van der Waals surface area contributed by atoms with Gasteiger partial charge in [-0.3, -0.25) is 4.31 Å². The van der Waals surface area contributed by atoms with Crippen LogP contribution in [0.5, 0.6) is 0 Å². The van der Waals surface area contributed by atoms with Gasteiger partial charge in [0.25, 0.3) is 0 Å². The van der Waals surface area contributed by atoms with Gasteiger partial charge in [0, 0.05) is 19.0 Å². The van der Waals surface area contributed by atoms with Gasteiger partial charge in [-0.1, -0.05) is 42.5 Å². The Labute approximate surface area is 148 Å². The van der Waals surface area contributed by atoms with Gasteiger partial charge >= 0.3 is 0 Å². The zero-order valence-corrected chi connectivity index (χ0v) is 15.6. The molecule has 0 fully saturated rings. The van der Waals surface area contributed by atoms with E-state index in [0.29, 0.717) is 5.69 Å². The van der Waals surface area contributed by atoms with Gasteiger partial charge < -0.3 is 0 Å². The Morgan fingerprint density at radius 2 is 1.56 bits per heavy atom. The van der Waals surface area contributed by atoms with Gasteiger partial charge in [-0.2, -0.15) is 0 Å². The van der Waals surface area contributed by atoms with E-state index in [0.717, 1.165) is 27.1 Å². The molecule has 25 heavy (non-hydrogen) atoms. The highest BCUT2D eigenvalue weighted by atomic mass is 32.2. The summed E-state index contributed by atoms with van der Waals surface area (Å²) < 4.78 is 50.6. The summed E-state index contributed by atoms with van der Waals surface area (Å²) in [6, 6.07) is 15.8. The average molecular weight is 380 g/mol. The lowest BCUT2D eigenvalue weighted by Crippen LogP contribution is -2.25. The monoisotopic (exact) mass is 380 g/mol. The van der Waals surface area contributed by atoms with Gasteiger partial charge in [0.1, 0.15) is 0 Å². The molecule has 0 radical (unpaired) electrons. The van der Waals surface area contributed by atoms with Crippen LogP contribution in [0.4, 0.5) is 5.69 Å². The fourth-order valence-electron chi connectivity index (χ4n) is 1.98. The van der Waals surface area contributed by atoms with Gasteiger partial charge in [0.2, 0.25) is 20.0 Å². The van der Waals surface area contributed by atoms with Gasteiger partial charge in [-0.25, -0.2) is 21.6 Å². The van der Waals surface area contributed by atoms with Crippen LogP contribution in [0.25, 0.3) is 6.08 Å². The molecule has 0 saturated heterocycles. The molecule has 134 valence electrons. The quantitative estimate of drug-likeness (QED) is 0.798. The summed E-state index contributed by atoms with van der Waals surface area (Å²) in [5.41, 5.74) is 2.03. The van der Waals surface area contributed by atoms with E-state index in [1.807, 2.05) is 30.3 Å². The normalized spacial score (nSPS) is 12.4. The van der Waals surface area contributed by atoms with Crippen molar-refractivity contribution in [2.75, 3.05) is 17.6 Å². The van der Waals surface area contributed by atoms with Gasteiger partial charge in [-0.15, -0.1) is 0 Å². The summed E-state index contributed by atoms with van der Waals surface area (Å²) in [6.07, 6.45) is 2.64. The molecule has 2 aromatic carbocycles. The van der Waals surface area contributed by atoms with E-state index in [1.54, 1.807) is 24.3 Å². The summed E-state index contributed by atoms with van der Waals surface area (Å²) in [4.78, 5) is 0. The van der Waals surface area contributed by atoms with Crippen LogP contribution in [0.3, 0.4) is 0 Å². The molecule has 0 atom stereocenters. The zero-order chi connectivity index (χ0) is 18.5. The Balaban J connectivity index is 2.00. The second-order valence-corrected chi connectivity index (χ2v) is 9.14. The highest BCUT2D eigenvalue weighted by Gasteiger charge is 2.11. The Morgan fingerprint density at radius 3 is 2.12 bits per heavy atom. The molecular formula is C17H20N2O4S2. The predicted molar refractivity (Wildman–Crippen MR) is 101 cm³/mol. The Bertz CT molecular complexity index is 936. The number of anilines is 1. The first kappa shape index (κ1) is 19.2. The third-order valence-electron chi connectivity index (χ3n) is 3.51. The lowest BCUT2D eigenvalue weighted by molar-refractivity contribution is 0.590. The van der Waals surface area contributed by atoms with E-state index < -0.39 is 20.0 Å². The number of nitrogens with one attached hydrogen (secondary N) is 1. The van der Waals surface area contributed by atoms with Crippen LogP contribution in [-0.4, -0.2) is 30.1 Å². The molecule has 0 spiro atoms. The standard InChI is InChI=1S/C17H20N2O4S2/c1-19(24(2,20)21)17-10-8-16(9-11-17)14-18-25(22,23)13-12-15-6-4-3-5-7-15/h3-13,18H,14H2,1-2H3/b13-12+. The van der Waals surface area contributed by atoms with Crippen molar-refractivity contribution < 1.29 is 16.8 Å². The molecule has 0 aliphatic heterocycles. The third-order valence-corrected chi connectivity index (χ3v) is 5.76. The van der Waals surface area contributed by atoms with E-state index in [2.05, 4.69) is 4.72 Å². The maximum absolute atomic E-state index is 12.0. The number of sulfonamides is 2. The third kappa shape index (κ3) is 6.00. The summed E-state index contributed by atoms with van der Waals surface area (Å²) >= 11 is 0. The number of nitrogens with zero attached hydrogens (tertiary/aromatic N) is 1. The van der Waals surface area contributed by atoms with Crippen LogP contribution in [-0.2, 0) is 26.6 Å². The molecule has 0 aromatic heterocycles. The van der Waals surface area contributed by atoms with Gasteiger partial charge in [0.15, 0.2) is 0 Å². The summed E-state index contributed by atoms with van der Waals surface area (Å²) in [5.74, 6) is 0. The minimum absolute atomic E-state index is 0.115. The Kier molecular flexibility index (Phi) is 5.99. The molecule has 1 N–H and O–H groups in total.